The van der Waals surface area contributed by atoms with Crippen molar-refractivity contribution in [2.45, 2.75) is 18.9 Å². The van der Waals surface area contributed by atoms with Gasteiger partial charge < -0.3 is 20.1 Å². The van der Waals surface area contributed by atoms with Crippen LogP contribution in [0.4, 0.5) is 11.4 Å². The third-order valence-corrected chi connectivity index (χ3v) is 5.09. The van der Waals surface area contributed by atoms with Gasteiger partial charge in [-0.1, -0.05) is 35.9 Å². The molecule has 0 aromatic heterocycles. The van der Waals surface area contributed by atoms with Crippen molar-refractivity contribution in [1.29, 1.82) is 0 Å². The van der Waals surface area contributed by atoms with Crippen LogP contribution in [0.2, 0.25) is 5.02 Å². The Labute approximate surface area is 184 Å². The number of carbonyl (C=O) groups is 2. The molecule has 132 valence electrons. The second-order valence-corrected chi connectivity index (χ2v) is 6.85. The van der Waals surface area contributed by atoms with Crippen LogP contribution in [-0.4, -0.2) is 24.5 Å². The Morgan fingerprint density at radius 3 is 2.59 bits per heavy atom. The van der Waals surface area contributed by atoms with Gasteiger partial charge in [0.2, 0.25) is 0 Å². The third-order valence-electron chi connectivity index (χ3n) is 4.85. The summed E-state index contributed by atoms with van der Waals surface area (Å²) in [4.78, 5) is 26.2. The van der Waals surface area contributed by atoms with Gasteiger partial charge >= 0.3 is 29.6 Å². The summed E-state index contributed by atoms with van der Waals surface area (Å²) in [6.45, 7) is 0.577. The number of carbonyl (C=O) groups excluding carboxylic acids is 2. The number of amides is 1. The molecule has 2 aromatic rings. The number of benzene rings is 2. The first-order valence-electron chi connectivity index (χ1n) is 8.41. The number of carboxylic acids is 1. The van der Waals surface area contributed by atoms with E-state index in [9.17, 15) is 14.7 Å². The molecule has 1 fully saturated rings. The molecular formula is C20H16ClN2NaO3. The summed E-state index contributed by atoms with van der Waals surface area (Å²) in [5.74, 6) is -1.27. The predicted molar refractivity (Wildman–Crippen MR) is 98.8 cm³/mol. The summed E-state index contributed by atoms with van der Waals surface area (Å²) < 4.78 is 0. The third kappa shape index (κ3) is 3.78. The van der Waals surface area contributed by atoms with E-state index in [2.05, 4.69) is 5.32 Å². The fraction of sp³-hybridized carbons (Fsp3) is 0.200. The van der Waals surface area contributed by atoms with Gasteiger partial charge in [0, 0.05) is 34.1 Å². The van der Waals surface area contributed by atoms with Crippen LogP contribution in [0.3, 0.4) is 0 Å². The van der Waals surface area contributed by atoms with Crippen LogP contribution in [0.15, 0.2) is 54.1 Å². The molecule has 4 rings (SSSR count). The second kappa shape index (κ2) is 8.07. The number of halogens is 1. The number of hydrogen-bond donors (Lipinski definition) is 1. The van der Waals surface area contributed by atoms with E-state index in [-0.39, 0.29) is 41.9 Å². The zero-order valence-corrected chi connectivity index (χ0v) is 17.6. The molecule has 2 aliphatic heterocycles. The van der Waals surface area contributed by atoms with Gasteiger partial charge in [-0.05, 0) is 42.7 Å². The number of aliphatic carboxylic acids is 1. The fourth-order valence-electron chi connectivity index (χ4n) is 3.61. The number of carboxylic acid groups (broad SMARTS) is 1. The Balaban J connectivity index is 0.00000210. The van der Waals surface area contributed by atoms with E-state index >= 15 is 0 Å². The van der Waals surface area contributed by atoms with E-state index in [1.54, 1.807) is 17.0 Å². The Kier molecular flexibility index (Phi) is 5.96. The molecule has 1 saturated heterocycles. The van der Waals surface area contributed by atoms with E-state index in [0.29, 0.717) is 29.2 Å². The van der Waals surface area contributed by atoms with Gasteiger partial charge in [-0.2, -0.15) is 0 Å². The molecule has 1 amide bonds. The maximum atomic E-state index is 13.0. The van der Waals surface area contributed by atoms with Crippen LogP contribution < -0.4 is 44.9 Å². The number of hydrogen-bond acceptors (Lipinski definition) is 4. The summed E-state index contributed by atoms with van der Waals surface area (Å²) >= 11 is 6.05. The predicted octanol–water partition coefficient (Wildman–Crippen LogP) is -0.531. The Morgan fingerprint density at radius 1 is 1.15 bits per heavy atom. The minimum absolute atomic E-state index is 0. The van der Waals surface area contributed by atoms with Gasteiger partial charge in [-0.3, -0.25) is 4.79 Å². The summed E-state index contributed by atoms with van der Waals surface area (Å²) in [5, 5.41) is 14.9. The minimum atomic E-state index is -1.20. The molecular weight excluding hydrogens is 375 g/mol. The molecule has 1 N–H and O–H groups in total. The van der Waals surface area contributed by atoms with E-state index in [1.807, 2.05) is 36.4 Å². The Morgan fingerprint density at radius 2 is 1.89 bits per heavy atom. The number of nitrogens with one attached hydrogen (secondary N) is 1. The molecule has 7 heteroatoms. The molecule has 2 heterocycles. The van der Waals surface area contributed by atoms with Gasteiger partial charge in [-0.25, -0.2) is 0 Å². The summed E-state index contributed by atoms with van der Waals surface area (Å²) in [6, 6.07) is 13.8. The first-order chi connectivity index (χ1) is 12.5. The summed E-state index contributed by atoms with van der Waals surface area (Å²) in [6.07, 6.45) is 0.783. The largest absolute Gasteiger partial charge is 1.00 e. The van der Waals surface area contributed by atoms with E-state index in [1.165, 1.54) is 0 Å². The van der Waals surface area contributed by atoms with Gasteiger partial charge in [0.1, 0.15) is 0 Å². The van der Waals surface area contributed by atoms with Crippen molar-refractivity contribution in [3.63, 3.8) is 0 Å². The zero-order chi connectivity index (χ0) is 18.3. The first kappa shape index (κ1) is 20.0. The van der Waals surface area contributed by atoms with Gasteiger partial charge in [-0.15, -0.1) is 0 Å². The van der Waals surface area contributed by atoms with E-state index in [4.69, 9.17) is 11.6 Å². The second-order valence-electron chi connectivity index (χ2n) is 6.41. The molecule has 0 unspecified atom stereocenters. The average Bonchev–Trinajstić information content (AvgIpc) is 3.02. The average molecular weight is 391 g/mol. The van der Waals surface area contributed by atoms with Crippen molar-refractivity contribution in [1.82, 2.24) is 0 Å². The Hall–Kier alpha value is -1.79. The number of nitrogens with zero attached hydrogens (tertiary/aromatic N) is 1. The number of anilines is 2. The standard InChI is InChI=1S/C20H17ClN2O3.Na/c21-12-6-7-14-16(11-18(20(25)26)22-17(14)10-12)15-8-9-23(19(15)24)13-4-2-1-3-5-13;/h1-7,10,18,22H,8-9,11H2,(H,25,26);/q;+1/p-1/b16-15+;/t18-;/m1./s1. The van der Waals surface area contributed by atoms with Crippen molar-refractivity contribution < 1.29 is 44.3 Å². The quantitative estimate of drug-likeness (QED) is 0.552. The summed E-state index contributed by atoms with van der Waals surface area (Å²) in [7, 11) is 0. The van der Waals surface area contributed by atoms with Crippen molar-refractivity contribution in [2.24, 2.45) is 0 Å². The van der Waals surface area contributed by atoms with Gasteiger partial charge in [0.05, 0.1) is 12.0 Å². The molecule has 0 bridgehead atoms. The van der Waals surface area contributed by atoms with Crippen molar-refractivity contribution in [2.75, 3.05) is 16.8 Å². The molecule has 27 heavy (non-hydrogen) atoms. The monoisotopic (exact) mass is 390 g/mol. The van der Waals surface area contributed by atoms with E-state index < -0.39 is 12.0 Å². The molecule has 1 atom stereocenters. The molecule has 5 nitrogen and oxygen atoms in total. The van der Waals surface area contributed by atoms with Crippen LogP contribution in [0.25, 0.3) is 5.57 Å². The summed E-state index contributed by atoms with van der Waals surface area (Å²) in [5.41, 5.74) is 3.70. The van der Waals surface area contributed by atoms with Crippen molar-refractivity contribution in [3.05, 3.63) is 64.7 Å². The maximum absolute atomic E-state index is 13.0. The van der Waals surface area contributed by atoms with Crippen LogP contribution in [0.1, 0.15) is 18.4 Å². The number of fused-ring (bicyclic) bond motifs is 1. The first-order valence-corrected chi connectivity index (χ1v) is 8.78. The fourth-order valence-corrected chi connectivity index (χ4v) is 3.78. The van der Waals surface area contributed by atoms with Gasteiger partial charge in [0.25, 0.3) is 5.91 Å². The van der Waals surface area contributed by atoms with Crippen molar-refractivity contribution in [3.8, 4) is 0 Å². The molecule has 2 aromatic carbocycles. The van der Waals surface area contributed by atoms with Crippen LogP contribution in [0.5, 0.6) is 0 Å². The van der Waals surface area contributed by atoms with Crippen LogP contribution in [-0.2, 0) is 9.59 Å². The van der Waals surface area contributed by atoms with Crippen molar-refractivity contribution >= 4 is 40.4 Å². The molecule has 2 aliphatic rings. The maximum Gasteiger partial charge on any atom is 1.00 e. The molecule has 0 spiro atoms. The number of para-hydroxylation sites is 1. The topological polar surface area (TPSA) is 72.5 Å². The van der Waals surface area contributed by atoms with Crippen LogP contribution >= 0.6 is 11.6 Å². The molecule has 0 radical (unpaired) electrons. The smallest absolute Gasteiger partial charge is 0.548 e. The minimum Gasteiger partial charge on any atom is -0.548 e. The normalized spacial score (nSPS) is 21.3. The molecule has 0 aliphatic carbocycles. The van der Waals surface area contributed by atoms with Crippen LogP contribution in [0, 0.1) is 0 Å². The molecule has 0 saturated carbocycles. The van der Waals surface area contributed by atoms with Gasteiger partial charge in [0.15, 0.2) is 0 Å². The Bertz CT molecular complexity index is 930. The van der Waals surface area contributed by atoms with E-state index in [0.717, 1.165) is 16.8 Å². The number of rotatable bonds is 2. The zero-order valence-electron chi connectivity index (χ0n) is 14.9. The SMILES string of the molecule is O=C([O-])[C@H]1C/C(=C2/CCN(c3ccccc3)C2=O)c2ccc(Cl)cc2N1.[Na+].